The van der Waals surface area contributed by atoms with Crippen molar-refractivity contribution in [2.45, 2.75) is 19.8 Å². The van der Waals surface area contributed by atoms with Gasteiger partial charge in [0, 0.05) is 17.0 Å². The maximum Gasteiger partial charge on any atom is 0.250 e. The van der Waals surface area contributed by atoms with Gasteiger partial charge in [0.25, 0.3) is 0 Å². The molecule has 0 atom stereocenters. The number of unbranched alkanes of at least 4 members (excludes halogenated alkanes) is 1. The first-order chi connectivity index (χ1) is 15.1. The smallest absolute Gasteiger partial charge is 0.250 e. The summed E-state index contributed by atoms with van der Waals surface area (Å²) in [5.41, 5.74) is 2.61. The van der Waals surface area contributed by atoms with E-state index in [0.29, 0.717) is 16.6 Å². The van der Waals surface area contributed by atoms with Crippen LogP contribution in [0, 0.1) is 0 Å². The second kappa shape index (κ2) is 11.2. The minimum absolute atomic E-state index is 0.254. The second-order valence-electron chi connectivity index (χ2n) is 6.70. The van der Waals surface area contributed by atoms with Gasteiger partial charge in [0.15, 0.2) is 16.6 Å². The highest BCUT2D eigenvalue weighted by Crippen LogP contribution is 2.28. The van der Waals surface area contributed by atoms with Crippen molar-refractivity contribution < 1.29 is 19.0 Å². The van der Waals surface area contributed by atoms with E-state index in [0.717, 1.165) is 42.0 Å². The van der Waals surface area contributed by atoms with Gasteiger partial charge in [-0.05, 0) is 54.5 Å². The topological polar surface area (TPSA) is 69.7 Å². The molecule has 3 aromatic rings. The molecule has 0 bridgehead atoms. The number of aromatic nitrogens is 1. The third kappa shape index (κ3) is 6.33. The third-order valence-corrected chi connectivity index (χ3v) is 5.24. The fourth-order valence-electron chi connectivity index (χ4n) is 2.80. The molecule has 0 spiro atoms. The lowest BCUT2D eigenvalue weighted by Gasteiger charge is -2.07. The largest absolute Gasteiger partial charge is 0.494 e. The maximum atomic E-state index is 12.3. The fraction of sp³-hybridized carbons (Fsp3) is 0.250. The van der Waals surface area contributed by atoms with E-state index < -0.39 is 0 Å². The number of nitrogens with one attached hydrogen (secondary N) is 1. The molecule has 1 amide bonds. The quantitative estimate of drug-likeness (QED) is 0.327. The summed E-state index contributed by atoms with van der Waals surface area (Å²) in [5.74, 6) is 1.84. The zero-order chi connectivity index (χ0) is 22.1. The lowest BCUT2D eigenvalue weighted by molar-refractivity contribution is -0.111. The molecule has 0 radical (unpaired) electrons. The minimum atomic E-state index is -0.254. The molecule has 0 aliphatic rings. The average molecular weight is 439 g/mol. The predicted molar refractivity (Wildman–Crippen MR) is 125 cm³/mol. The number of anilines is 1. The van der Waals surface area contributed by atoms with Crippen molar-refractivity contribution in [2.75, 3.05) is 26.1 Å². The van der Waals surface area contributed by atoms with Crippen LogP contribution in [-0.4, -0.2) is 31.7 Å². The summed E-state index contributed by atoms with van der Waals surface area (Å²) in [7, 11) is 3.16. The molecule has 31 heavy (non-hydrogen) atoms. The van der Waals surface area contributed by atoms with Crippen molar-refractivity contribution in [1.82, 2.24) is 4.98 Å². The number of carbonyl (C=O) groups is 1. The van der Waals surface area contributed by atoms with Gasteiger partial charge in [-0.15, -0.1) is 11.3 Å². The van der Waals surface area contributed by atoms with E-state index in [9.17, 15) is 4.79 Å². The Hall–Kier alpha value is -3.32. The number of hydrogen-bond acceptors (Lipinski definition) is 6. The SMILES string of the molecule is CCCCOc1ccc(-c2csc(NC(=O)C=Cc3ccc(OC)c(OC)c3)n2)cc1. The Morgan fingerprint density at radius 2 is 1.87 bits per heavy atom. The van der Waals surface area contributed by atoms with Crippen LogP contribution in [0.2, 0.25) is 0 Å². The van der Waals surface area contributed by atoms with Crippen LogP contribution in [0.15, 0.2) is 53.9 Å². The molecule has 7 heteroatoms. The zero-order valence-corrected chi connectivity index (χ0v) is 18.7. The van der Waals surface area contributed by atoms with Crippen LogP contribution in [0.4, 0.5) is 5.13 Å². The number of amides is 1. The van der Waals surface area contributed by atoms with E-state index in [2.05, 4.69) is 17.2 Å². The van der Waals surface area contributed by atoms with Crippen molar-refractivity contribution in [3.8, 4) is 28.5 Å². The van der Waals surface area contributed by atoms with E-state index >= 15 is 0 Å². The molecule has 0 aliphatic carbocycles. The van der Waals surface area contributed by atoms with Crippen molar-refractivity contribution in [1.29, 1.82) is 0 Å². The van der Waals surface area contributed by atoms with Gasteiger partial charge in [0.1, 0.15) is 5.75 Å². The van der Waals surface area contributed by atoms with Crippen LogP contribution in [0.5, 0.6) is 17.2 Å². The van der Waals surface area contributed by atoms with Crippen LogP contribution in [-0.2, 0) is 4.79 Å². The number of rotatable bonds is 10. The number of hydrogen-bond donors (Lipinski definition) is 1. The summed E-state index contributed by atoms with van der Waals surface area (Å²) < 4.78 is 16.2. The molecule has 0 aliphatic heterocycles. The molecule has 0 fully saturated rings. The Bertz CT molecular complexity index is 1030. The van der Waals surface area contributed by atoms with E-state index in [4.69, 9.17) is 14.2 Å². The Labute approximate surface area is 186 Å². The molecular weight excluding hydrogens is 412 g/mol. The molecule has 1 heterocycles. The van der Waals surface area contributed by atoms with Crippen molar-refractivity contribution in [3.05, 3.63) is 59.5 Å². The summed E-state index contributed by atoms with van der Waals surface area (Å²) in [4.78, 5) is 16.8. The lowest BCUT2D eigenvalue weighted by Crippen LogP contribution is -2.07. The molecule has 2 aromatic carbocycles. The number of methoxy groups -OCH3 is 2. The maximum absolute atomic E-state index is 12.3. The number of nitrogens with zero attached hydrogens (tertiary/aromatic N) is 1. The molecule has 0 unspecified atom stereocenters. The summed E-state index contributed by atoms with van der Waals surface area (Å²) in [5, 5.41) is 5.26. The summed E-state index contributed by atoms with van der Waals surface area (Å²) in [6, 6.07) is 13.3. The van der Waals surface area contributed by atoms with Gasteiger partial charge in [-0.25, -0.2) is 4.98 Å². The fourth-order valence-corrected chi connectivity index (χ4v) is 3.52. The highest BCUT2D eigenvalue weighted by Gasteiger charge is 2.08. The predicted octanol–water partition coefficient (Wildman–Crippen LogP) is 5.66. The van der Waals surface area contributed by atoms with Crippen LogP contribution >= 0.6 is 11.3 Å². The van der Waals surface area contributed by atoms with E-state index in [1.807, 2.05) is 35.7 Å². The first-order valence-corrected chi connectivity index (χ1v) is 10.9. The Balaban J connectivity index is 1.59. The lowest BCUT2D eigenvalue weighted by atomic mass is 10.2. The Kier molecular flexibility index (Phi) is 8.06. The first-order valence-electron chi connectivity index (χ1n) is 10.0. The molecule has 6 nitrogen and oxygen atoms in total. The molecule has 0 saturated heterocycles. The van der Waals surface area contributed by atoms with Gasteiger partial charge >= 0.3 is 0 Å². The van der Waals surface area contributed by atoms with Crippen molar-refractivity contribution >= 4 is 28.5 Å². The monoisotopic (exact) mass is 438 g/mol. The van der Waals surface area contributed by atoms with Crippen LogP contribution in [0.1, 0.15) is 25.3 Å². The standard InChI is InChI=1S/C24H26N2O4S/c1-4-5-14-30-19-10-8-18(9-11-19)20-16-31-24(25-20)26-23(27)13-7-17-6-12-21(28-2)22(15-17)29-3/h6-13,15-16H,4-5,14H2,1-3H3,(H,25,26,27). The van der Waals surface area contributed by atoms with E-state index in [1.165, 1.54) is 17.4 Å². The molecule has 0 saturated carbocycles. The van der Waals surface area contributed by atoms with Gasteiger partial charge in [-0.3, -0.25) is 10.1 Å². The highest BCUT2D eigenvalue weighted by atomic mass is 32.1. The average Bonchev–Trinajstić information content (AvgIpc) is 3.26. The van der Waals surface area contributed by atoms with Gasteiger partial charge < -0.3 is 14.2 Å². The third-order valence-electron chi connectivity index (χ3n) is 4.49. The van der Waals surface area contributed by atoms with Gasteiger partial charge in [0.05, 0.1) is 26.5 Å². The van der Waals surface area contributed by atoms with Crippen molar-refractivity contribution in [2.24, 2.45) is 0 Å². The number of thiazole rings is 1. The van der Waals surface area contributed by atoms with Crippen LogP contribution in [0.25, 0.3) is 17.3 Å². The van der Waals surface area contributed by atoms with Crippen LogP contribution in [0.3, 0.4) is 0 Å². The number of carbonyl (C=O) groups excluding carboxylic acids is 1. The normalized spacial score (nSPS) is 10.8. The molecular formula is C24H26N2O4S. The Morgan fingerprint density at radius 1 is 1.10 bits per heavy atom. The molecule has 162 valence electrons. The van der Waals surface area contributed by atoms with E-state index in [1.54, 1.807) is 32.4 Å². The van der Waals surface area contributed by atoms with Gasteiger partial charge in [-0.1, -0.05) is 19.4 Å². The highest BCUT2D eigenvalue weighted by molar-refractivity contribution is 7.14. The van der Waals surface area contributed by atoms with E-state index in [-0.39, 0.29) is 5.91 Å². The van der Waals surface area contributed by atoms with Gasteiger partial charge in [-0.2, -0.15) is 0 Å². The zero-order valence-electron chi connectivity index (χ0n) is 17.9. The van der Waals surface area contributed by atoms with Crippen LogP contribution < -0.4 is 19.5 Å². The molecule has 1 aromatic heterocycles. The first kappa shape index (κ1) is 22.4. The summed E-state index contributed by atoms with van der Waals surface area (Å²) >= 11 is 1.38. The Morgan fingerprint density at radius 3 is 2.58 bits per heavy atom. The summed E-state index contributed by atoms with van der Waals surface area (Å²) in [6.07, 6.45) is 5.32. The second-order valence-corrected chi connectivity index (χ2v) is 7.56. The summed E-state index contributed by atoms with van der Waals surface area (Å²) in [6.45, 7) is 2.86. The van der Waals surface area contributed by atoms with Crippen molar-refractivity contribution in [3.63, 3.8) is 0 Å². The number of benzene rings is 2. The molecule has 1 N–H and O–H groups in total. The molecule has 3 rings (SSSR count). The minimum Gasteiger partial charge on any atom is -0.494 e. The van der Waals surface area contributed by atoms with Gasteiger partial charge in [0.2, 0.25) is 5.91 Å². The number of ether oxygens (including phenoxy) is 3.